The van der Waals surface area contributed by atoms with Crippen LogP contribution in [0.5, 0.6) is 0 Å². The zero-order chi connectivity index (χ0) is 16.5. The lowest BCUT2D eigenvalue weighted by Crippen LogP contribution is -2.20. The van der Waals surface area contributed by atoms with Crippen LogP contribution in [0.3, 0.4) is 0 Å². The van der Waals surface area contributed by atoms with E-state index in [2.05, 4.69) is 30.3 Å². The Labute approximate surface area is 142 Å². The molecular formula is C15H14ClN7O. The van der Waals surface area contributed by atoms with Gasteiger partial charge in [0.25, 0.3) is 17.6 Å². The third-order valence-corrected chi connectivity index (χ3v) is 4.01. The van der Waals surface area contributed by atoms with Crippen molar-refractivity contribution in [3.63, 3.8) is 0 Å². The van der Waals surface area contributed by atoms with Crippen molar-refractivity contribution < 1.29 is 4.79 Å². The minimum atomic E-state index is -0.337. The van der Waals surface area contributed by atoms with E-state index >= 15 is 0 Å². The van der Waals surface area contributed by atoms with Crippen LogP contribution in [0.2, 0.25) is 5.15 Å². The van der Waals surface area contributed by atoms with Gasteiger partial charge < -0.3 is 4.90 Å². The van der Waals surface area contributed by atoms with Crippen molar-refractivity contribution in [2.24, 2.45) is 0 Å². The smallest absolute Gasteiger partial charge is 0.258 e. The van der Waals surface area contributed by atoms with Crippen LogP contribution in [0.25, 0.3) is 5.78 Å². The fourth-order valence-corrected chi connectivity index (χ4v) is 2.89. The number of hydrogen-bond donors (Lipinski definition) is 1. The summed E-state index contributed by atoms with van der Waals surface area (Å²) in [6.45, 7) is 1.85. The number of hydrogen-bond acceptors (Lipinski definition) is 6. The summed E-state index contributed by atoms with van der Waals surface area (Å²) in [5.74, 6) is 0.984. The molecule has 1 aliphatic rings. The Bertz CT molecular complexity index is 871. The number of anilines is 2. The van der Waals surface area contributed by atoms with E-state index in [1.54, 1.807) is 24.5 Å². The van der Waals surface area contributed by atoms with Gasteiger partial charge >= 0.3 is 0 Å². The number of halogens is 1. The number of carbonyl (C=O) groups excluding carboxylic acids is 1. The molecule has 9 heteroatoms. The van der Waals surface area contributed by atoms with Crippen LogP contribution < -0.4 is 10.2 Å². The predicted octanol–water partition coefficient (Wildman–Crippen LogP) is 2.03. The van der Waals surface area contributed by atoms with Gasteiger partial charge in [-0.05, 0) is 31.0 Å². The normalized spacial score (nSPS) is 14.3. The van der Waals surface area contributed by atoms with Crippen molar-refractivity contribution >= 4 is 35.1 Å². The second-order valence-corrected chi connectivity index (χ2v) is 5.87. The van der Waals surface area contributed by atoms with Crippen LogP contribution in [-0.2, 0) is 0 Å². The average Bonchev–Trinajstić information content (AvgIpc) is 3.23. The molecule has 4 heterocycles. The molecule has 0 radical (unpaired) electrons. The monoisotopic (exact) mass is 343 g/mol. The second kappa shape index (κ2) is 6.04. The van der Waals surface area contributed by atoms with E-state index < -0.39 is 0 Å². The van der Waals surface area contributed by atoms with E-state index in [0.29, 0.717) is 11.3 Å². The molecule has 1 aliphatic heterocycles. The SMILES string of the molecule is O=C(Nc1nc2ncccn2n1)c1cc(Cl)nc(N2CCCC2)c1. The molecule has 8 nitrogen and oxygen atoms in total. The van der Waals surface area contributed by atoms with Crippen molar-refractivity contribution in [1.29, 1.82) is 0 Å². The maximum absolute atomic E-state index is 12.5. The first-order valence-electron chi connectivity index (χ1n) is 7.60. The van der Waals surface area contributed by atoms with Gasteiger partial charge in [0, 0.05) is 31.0 Å². The summed E-state index contributed by atoms with van der Waals surface area (Å²) in [5.41, 5.74) is 0.420. The van der Waals surface area contributed by atoms with Gasteiger partial charge in [-0.15, -0.1) is 5.10 Å². The van der Waals surface area contributed by atoms with Crippen LogP contribution in [0.15, 0.2) is 30.6 Å². The molecule has 0 aromatic carbocycles. The summed E-state index contributed by atoms with van der Waals surface area (Å²) in [6.07, 6.45) is 5.56. The number of pyridine rings is 1. The largest absolute Gasteiger partial charge is 0.357 e. The first-order valence-corrected chi connectivity index (χ1v) is 7.98. The third kappa shape index (κ3) is 2.88. The lowest BCUT2D eigenvalue weighted by atomic mass is 10.2. The molecule has 24 heavy (non-hydrogen) atoms. The number of nitrogens with one attached hydrogen (secondary N) is 1. The molecule has 0 unspecified atom stereocenters. The van der Waals surface area contributed by atoms with Gasteiger partial charge in [0.1, 0.15) is 11.0 Å². The van der Waals surface area contributed by atoms with Gasteiger partial charge in [-0.25, -0.2) is 14.5 Å². The van der Waals surface area contributed by atoms with Crippen molar-refractivity contribution in [3.8, 4) is 0 Å². The highest BCUT2D eigenvalue weighted by Gasteiger charge is 2.18. The highest BCUT2D eigenvalue weighted by molar-refractivity contribution is 6.30. The van der Waals surface area contributed by atoms with Gasteiger partial charge in [-0.2, -0.15) is 4.98 Å². The van der Waals surface area contributed by atoms with E-state index in [4.69, 9.17) is 11.6 Å². The molecule has 0 bridgehead atoms. The van der Waals surface area contributed by atoms with E-state index in [1.807, 2.05) is 0 Å². The first kappa shape index (κ1) is 14.8. The van der Waals surface area contributed by atoms with Gasteiger partial charge in [0.15, 0.2) is 0 Å². The molecule has 1 N–H and O–H groups in total. The van der Waals surface area contributed by atoms with Crippen LogP contribution >= 0.6 is 11.6 Å². The number of nitrogens with zero attached hydrogens (tertiary/aromatic N) is 6. The Hall–Kier alpha value is -2.74. The molecule has 122 valence electrons. The molecule has 3 aromatic heterocycles. The quantitative estimate of drug-likeness (QED) is 0.732. The Morgan fingerprint density at radius 2 is 2.04 bits per heavy atom. The molecular weight excluding hydrogens is 330 g/mol. The summed E-state index contributed by atoms with van der Waals surface area (Å²) in [4.78, 5) is 27.1. The van der Waals surface area contributed by atoms with Crippen molar-refractivity contribution in [3.05, 3.63) is 41.3 Å². The number of amides is 1. The Morgan fingerprint density at radius 3 is 2.83 bits per heavy atom. The highest BCUT2D eigenvalue weighted by atomic mass is 35.5. The molecule has 0 spiro atoms. The summed E-state index contributed by atoms with van der Waals surface area (Å²) in [6, 6.07) is 5.00. The molecule has 1 amide bonds. The van der Waals surface area contributed by atoms with Crippen molar-refractivity contribution in [1.82, 2.24) is 24.6 Å². The van der Waals surface area contributed by atoms with E-state index in [-0.39, 0.29) is 17.0 Å². The fourth-order valence-electron chi connectivity index (χ4n) is 2.68. The van der Waals surface area contributed by atoms with Crippen molar-refractivity contribution in [2.75, 3.05) is 23.3 Å². The maximum Gasteiger partial charge on any atom is 0.258 e. The minimum Gasteiger partial charge on any atom is -0.357 e. The zero-order valence-corrected chi connectivity index (χ0v) is 13.4. The van der Waals surface area contributed by atoms with E-state index in [0.717, 1.165) is 31.7 Å². The molecule has 3 aromatic rings. The number of aromatic nitrogens is 5. The third-order valence-electron chi connectivity index (χ3n) is 3.81. The summed E-state index contributed by atoms with van der Waals surface area (Å²) < 4.78 is 1.49. The first-order chi connectivity index (χ1) is 11.7. The standard InChI is InChI=1S/C15H14ClN7O/c16-11-8-10(9-12(18-11)22-5-1-2-6-22)13(24)19-14-20-15-17-4-3-7-23(15)21-14/h3-4,7-9H,1-2,5-6H2,(H,19,21,24). The highest BCUT2D eigenvalue weighted by Crippen LogP contribution is 2.22. The summed E-state index contributed by atoms with van der Waals surface area (Å²) >= 11 is 6.08. The minimum absolute atomic E-state index is 0.189. The van der Waals surface area contributed by atoms with Crippen molar-refractivity contribution in [2.45, 2.75) is 12.8 Å². The lowest BCUT2D eigenvalue weighted by Gasteiger charge is -2.17. The number of carbonyl (C=O) groups is 1. The van der Waals surface area contributed by atoms with Gasteiger partial charge in [0.2, 0.25) is 0 Å². The van der Waals surface area contributed by atoms with E-state index in [9.17, 15) is 4.79 Å². The molecule has 0 saturated carbocycles. The van der Waals surface area contributed by atoms with Crippen LogP contribution in [0, 0.1) is 0 Å². The topological polar surface area (TPSA) is 88.3 Å². The molecule has 1 fully saturated rings. The summed E-state index contributed by atoms with van der Waals surface area (Å²) in [5, 5.41) is 7.10. The Balaban J connectivity index is 1.59. The van der Waals surface area contributed by atoms with E-state index in [1.165, 1.54) is 10.6 Å². The molecule has 0 aliphatic carbocycles. The fraction of sp³-hybridized carbons (Fsp3) is 0.267. The van der Waals surface area contributed by atoms with Crippen LogP contribution in [0.1, 0.15) is 23.2 Å². The second-order valence-electron chi connectivity index (χ2n) is 5.48. The number of rotatable bonds is 3. The van der Waals surface area contributed by atoms with Crippen LogP contribution in [-0.4, -0.2) is 43.6 Å². The van der Waals surface area contributed by atoms with Crippen LogP contribution in [0.4, 0.5) is 11.8 Å². The molecule has 4 rings (SSSR count). The zero-order valence-electron chi connectivity index (χ0n) is 12.7. The van der Waals surface area contributed by atoms with Gasteiger partial charge in [-0.1, -0.05) is 11.6 Å². The average molecular weight is 344 g/mol. The molecule has 0 atom stereocenters. The Kier molecular flexibility index (Phi) is 3.73. The van der Waals surface area contributed by atoms with Gasteiger partial charge in [0.05, 0.1) is 0 Å². The predicted molar refractivity (Wildman–Crippen MR) is 89.4 cm³/mol. The molecule has 1 saturated heterocycles. The number of fused-ring (bicyclic) bond motifs is 1. The summed E-state index contributed by atoms with van der Waals surface area (Å²) in [7, 11) is 0. The van der Waals surface area contributed by atoms with Gasteiger partial charge in [-0.3, -0.25) is 10.1 Å². The lowest BCUT2D eigenvalue weighted by molar-refractivity contribution is 0.102. The Morgan fingerprint density at radius 1 is 1.21 bits per heavy atom. The maximum atomic E-state index is 12.5.